The van der Waals surface area contributed by atoms with Gasteiger partial charge in [-0.2, -0.15) is 10.5 Å². The molecule has 1 atom stereocenters. The lowest BCUT2D eigenvalue weighted by atomic mass is 9.76. The van der Waals surface area contributed by atoms with Crippen molar-refractivity contribution in [3.05, 3.63) is 53.1 Å². The molecule has 0 bridgehead atoms. The molecule has 2 aromatic rings. The summed E-state index contributed by atoms with van der Waals surface area (Å²) in [7, 11) is 0. The van der Waals surface area contributed by atoms with Crippen molar-refractivity contribution in [3.8, 4) is 12.1 Å². The van der Waals surface area contributed by atoms with E-state index in [1.165, 1.54) is 0 Å². The van der Waals surface area contributed by atoms with Crippen LogP contribution in [0.1, 0.15) is 22.8 Å². The minimum Gasteiger partial charge on any atom is -0.293 e. The molecular weight excluding hydrogens is 248 g/mol. The second-order valence-corrected chi connectivity index (χ2v) is 4.81. The minimum absolute atomic E-state index is 0.0212. The first-order valence-corrected chi connectivity index (χ1v) is 6.29. The van der Waals surface area contributed by atoms with E-state index < -0.39 is 5.92 Å². The van der Waals surface area contributed by atoms with Gasteiger partial charge < -0.3 is 0 Å². The molecule has 0 spiro atoms. The van der Waals surface area contributed by atoms with Gasteiger partial charge in [-0.15, -0.1) is 0 Å². The molecule has 3 rings (SSSR count). The highest BCUT2D eigenvalue weighted by Gasteiger charge is 2.31. The van der Waals surface area contributed by atoms with Crippen LogP contribution in [0, 0.1) is 28.6 Å². The molecule has 94 valence electrons. The number of benzene rings is 2. The molecule has 0 saturated heterocycles. The summed E-state index contributed by atoms with van der Waals surface area (Å²) in [6.07, 6.45) is 0. The van der Waals surface area contributed by atoms with Gasteiger partial charge in [0, 0.05) is 16.9 Å². The summed E-state index contributed by atoms with van der Waals surface area (Å²) in [4.78, 5) is 12.5. The van der Waals surface area contributed by atoms with E-state index >= 15 is 0 Å². The highest BCUT2D eigenvalue weighted by Crippen LogP contribution is 2.40. The molecule has 0 heterocycles. The van der Waals surface area contributed by atoms with E-state index in [-0.39, 0.29) is 11.4 Å². The van der Waals surface area contributed by atoms with Crippen molar-refractivity contribution in [1.29, 1.82) is 10.5 Å². The Morgan fingerprint density at radius 3 is 2.25 bits per heavy atom. The number of nitrogens with zero attached hydrogens (tertiary/aromatic N) is 2. The third-order valence-corrected chi connectivity index (χ3v) is 3.78. The first-order chi connectivity index (χ1) is 9.69. The van der Waals surface area contributed by atoms with Gasteiger partial charge in [-0.05, 0) is 16.5 Å². The Kier molecular flexibility index (Phi) is 2.63. The fourth-order valence-corrected chi connectivity index (χ4v) is 2.86. The molecule has 0 fully saturated rings. The van der Waals surface area contributed by atoms with Crippen molar-refractivity contribution in [1.82, 2.24) is 0 Å². The maximum atomic E-state index is 12.5. The largest absolute Gasteiger partial charge is 0.293 e. The molecule has 20 heavy (non-hydrogen) atoms. The van der Waals surface area contributed by atoms with Gasteiger partial charge in [-0.1, -0.05) is 43.3 Å². The van der Waals surface area contributed by atoms with Gasteiger partial charge in [-0.3, -0.25) is 4.79 Å². The van der Waals surface area contributed by atoms with Gasteiger partial charge in [-0.25, -0.2) is 0 Å². The zero-order chi connectivity index (χ0) is 14.3. The summed E-state index contributed by atoms with van der Waals surface area (Å²) < 4.78 is 0. The van der Waals surface area contributed by atoms with Crippen molar-refractivity contribution in [2.45, 2.75) is 6.92 Å². The Bertz CT molecular complexity index is 841. The molecule has 0 radical (unpaired) electrons. The predicted octanol–water partition coefficient (Wildman–Crippen LogP) is 3.47. The monoisotopic (exact) mass is 258 g/mol. The van der Waals surface area contributed by atoms with E-state index in [4.69, 9.17) is 10.5 Å². The maximum absolute atomic E-state index is 12.5. The topological polar surface area (TPSA) is 64.7 Å². The molecule has 0 N–H and O–H groups in total. The van der Waals surface area contributed by atoms with Crippen LogP contribution in [0.25, 0.3) is 16.3 Å². The number of carbonyl (C=O) groups excluding carboxylic acids is 1. The molecule has 3 nitrogen and oxygen atoms in total. The molecule has 3 heteroatoms. The van der Waals surface area contributed by atoms with Crippen LogP contribution in [0.4, 0.5) is 0 Å². The maximum Gasteiger partial charge on any atom is 0.170 e. The van der Waals surface area contributed by atoms with Crippen LogP contribution < -0.4 is 0 Å². The average Bonchev–Trinajstić information content (AvgIpc) is 2.49. The summed E-state index contributed by atoms with van der Waals surface area (Å²) in [5.74, 6) is -0.503. The number of hydrogen-bond acceptors (Lipinski definition) is 3. The second kappa shape index (κ2) is 4.33. The smallest absolute Gasteiger partial charge is 0.170 e. The highest BCUT2D eigenvalue weighted by molar-refractivity contribution is 6.20. The van der Waals surface area contributed by atoms with Crippen molar-refractivity contribution < 1.29 is 4.79 Å². The highest BCUT2D eigenvalue weighted by atomic mass is 16.1. The second-order valence-electron chi connectivity index (χ2n) is 4.81. The van der Waals surface area contributed by atoms with E-state index in [9.17, 15) is 4.79 Å². The first-order valence-electron chi connectivity index (χ1n) is 6.29. The Balaban J connectivity index is 2.54. The first kappa shape index (κ1) is 12.1. The fraction of sp³-hybridized carbons (Fsp3) is 0.118. The van der Waals surface area contributed by atoms with Crippen LogP contribution in [0.15, 0.2) is 42.0 Å². The molecule has 1 unspecified atom stereocenters. The van der Waals surface area contributed by atoms with Crippen molar-refractivity contribution in [2.24, 2.45) is 5.92 Å². The van der Waals surface area contributed by atoms with Crippen molar-refractivity contribution in [2.75, 3.05) is 0 Å². The number of ketones is 1. The summed E-state index contributed by atoms with van der Waals surface area (Å²) in [6, 6.07) is 15.1. The zero-order valence-electron chi connectivity index (χ0n) is 10.8. The van der Waals surface area contributed by atoms with Crippen LogP contribution >= 0.6 is 0 Å². The van der Waals surface area contributed by atoms with Crippen molar-refractivity contribution >= 4 is 22.1 Å². The van der Waals surface area contributed by atoms with Crippen LogP contribution in [-0.2, 0) is 0 Å². The lowest BCUT2D eigenvalue weighted by Crippen LogP contribution is -2.20. The number of nitriles is 2. The van der Waals surface area contributed by atoms with E-state index in [0.717, 1.165) is 16.3 Å². The summed E-state index contributed by atoms with van der Waals surface area (Å²) in [5, 5.41) is 20.1. The molecule has 0 aromatic heterocycles. The average molecular weight is 258 g/mol. The Morgan fingerprint density at radius 2 is 1.65 bits per heavy atom. The summed E-state index contributed by atoms with van der Waals surface area (Å²) in [6.45, 7) is 1.75. The van der Waals surface area contributed by atoms with Crippen LogP contribution in [-0.4, -0.2) is 5.78 Å². The SMILES string of the molecule is CC1C(=O)c2cccc3cccc(c23)C1=C(C#N)C#N. The minimum atomic E-state index is -0.468. The Labute approximate surface area is 116 Å². The van der Waals surface area contributed by atoms with Crippen molar-refractivity contribution in [3.63, 3.8) is 0 Å². The Hall–Kier alpha value is -2.91. The third-order valence-electron chi connectivity index (χ3n) is 3.78. The van der Waals surface area contributed by atoms with Gasteiger partial charge in [0.15, 0.2) is 5.78 Å². The van der Waals surface area contributed by atoms with Crippen LogP contribution in [0.2, 0.25) is 0 Å². The Morgan fingerprint density at radius 1 is 1.05 bits per heavy atom. The molecule has 0 saturated carbocycles. The summed E-state index contributed by atoms with van der Waals surface area (Å²) in [5.41, 5.74) is 2.06. The molecule has 0 amide bonds. The number of allylic oxidation sites excluding steroid dienone is 2. The van der Waals surface area contributed by atoms with Gasteiger partial charge in [0.05, 0.1) is 0 Å². The van der Waals surface area contributed by atoms with Gasteiger partial charge >= 0.3 is 0 Å². The van der Waals surface area contributed by atoms with Gasteiger partial charge in [0.1, 0.15) is 17.7 Å². The van der Waals surface area contributed by atoms with E-state index in [0.29, 0.717) is 11.1 Å². The van der Waals surface area contributed by atoms with E-state index in [1.54, 1.807) is 13.0 Å². The fourth-order valence-electron chi connectivity index (χ4n) is 2.86. The van der Waals surface area contributed by atoms with E-state index in [1.807, 2.05) is 42.5 Å². The van der Waals surface area contributed by atoms with Gasteiger partial charge in [0.25, 0.3) is 0 Å². The molecular formula is C17H10N2O. The third kappa shape index (κ3) is 1.47. The van der Waals surface area contributed by atoms with Gasteiger partial charge in [0.2, 0.25) is 0 Å². The molecule has 0 aliphatic heterocycles. The van der Waals surface area contributed by atoms with Crippen LogP contribution in [0.3, 0.4) is 0 Å². The molecule has 1 aliphatic rings. The standard InChI is InChI=1S/C17H10N2O/c1-10-15(12(8-18)9-19)13-6-2-4-11-5-3-7-14(16(11)13)17(10)20/h2-7,10H,1H3. The van der Waals surface area contributed by atoms with Crippen LogP contribution in [0.5, 0.6) is 0 Å². The normalized spacial score (nSPS) is 16.6. The number of hydrogen-bond donors (Lipinski definition) is 0. The number of rotatable bonds is 0. The quantitative estimate of drug-likeness (QED) is 0.679. The zero-order valence-corrected chi connectivity index (χ0v) is 10.8. The lowest BCUT2D eigenvalue weighted by Gasteiger charge is -2.24. The molecule has 2 aromatic carbocycles. The van der Waals surface area contributed by atoms with E-state index in [2.05, 4.69) is 0 Å². The lowest BCUT2D eigenvalue weighted by molar-refractivity contribution is 0.0957. The molecule has 1 aliphatic carbocycles. The summed E-state index contributed by atoms with van der Waals surface area (Å²) >= 11 is 0. The number of carbonyl (C=O) groups is 1. The number of Topliss-reactive ketones (excluding diaryl/α,β-unsaturated/α-hetero) is 1. The predicted molar refractivity (Wildman–Crippen MR) is 75.6 cm³/mol.